The molecule has 0 fully saturated rings. The lowest BCUT2D eigenvalue weighted by Crippen LogP contribution is -2.05. The minimum absolute atomic E-state index is 0.632. The zero-order valence-electron chi connectivity index (χ0n) is 13.6. The molecule has 0 aliphatic heterocycles. The van der Waals surface area contributed by atoms with Gasteiger partial charge in [-0.05, 0) is 24.3 Å². The number of anilines is 1. The molecular weight excluding hydrogens is 316 g/mol. The van der Waals surface area contributed by atoms with Crippen LogP contribution in [-0.4, -0.2) is 31.9 Å². The molecule has 0 amide bonds. The van der Waals surface area contributed by atoms with Gasteiger partial charge in [-0.1, -0.05) is 18.2 Å². The van der Waals surface area contributed by atoms with E-state index in [1.807, 2.05) is 46.9 Å². The Balaban J connectivity index is 1.67. The Labute approximate surface area is 144 Å². The molecule has 0 radical (unpaired) electrons. The molecule has 0 saturated carbocycles. The summed E-state index contributed by atoms with van der Waals surface area (Å²) in [5, 5.41) is 19.5. The van der Waals surface area contributed by atoms with E-state index in [0.29, 0.717) is 6.54 Å². The minimum Gasteiger partial charge on any atom is -0.496 e. The van der Waals surface area contributed by atoms with Gasteiger partial charge in [0.1, 0.15) is 17.9 Å². The molecule has 0 aliphatic rings. The van der Waals surface area contributed by atoms with Gasteiger partial charge in [0.2, 0.25) is 0 Å². The lowest BCUT2D eigenvalue weighted by atomic mass is 10.1. The molecule has 0 atom stereocenters. The van der Waals surface area contributed by atoms with Crippen LogP contribution in [0.3, 0.4) is 0 Å². The largest absolute Gasteiger partial charge is 0.496 e. The summed E-state index contributed by atoms with van der Waals surface area (Å²) in [5.74, 6) is 1.76. The van der Waals surface area contributed by atoms with E-state index >= 15 is 0 Å². The second-order valence-corrected chi connectivity index (χ2v) is 5.45. The molecule has 0 unspecified atom stereocenters. The number of aromatic nitrogens is 5. The maximum absolute atomic E-state index is 5.40. The third-order valence-electron chi connectivity index (χ3n) is 4.00. The fourth-order valence-corrected chi connectivity index (χ4v) is 2.77. The van der Waals surface area contributed by atoms with E-state index in [1.54, 1.807) is 25.8 Å². The maximum Gasteiger partial charge on any atom is 0.170 e. The molecule has 7 nitrogen and oxygen atoms in total. The van der Waals surface area contributed by atoms with Gasteiger partial charge in [0.25, 0.3) is 0 Å². The Morgan fingerprint density at radius 2 is 1.96 bits per heavy atom. The second-order valence-electron chi connectivity index (χ2n) is 5.45. The third-order valence-corrected chi connectivity index (χ3v) is 4.00. The standard InChI is InChI=1S/C18H16N6O/c1-25-16-5-3-2-4-14(16)10-19-17-7-6-15(13-8-9-20-21-11-13)18-23-22-12-24(17)18/h2-9,11-12,19H,10H2,1H3. The first-order chi connectivity index (χ1) is 12.4. The molecule has 0 bridgehead atoms. The number of nitrogens with one attached hydrogen (secondary N) is 1. The van der Waals surface area contributed by atoms with Crippen molar-refractivity contribution in [1.82, 2.24) is 24.8 Å². The van der Waals surface area contributed by atoms with Crippen LogP contribution in [0.5, 0.6) is 5.75 Å². The molecule has 0 saturated heterocycles. The normalized spacial score (nSPS) is 10.8. The van der Waals surface area contributed by atoms with E-state index in [4.69, 9.17) is 4.74 Å². The average Bonchev–Trinajstić information content (AvgIpc) is 3.17. The highest BCUT2D eigenvalue weighted by molar-refractivity contribution is 5.78. The fraction of sp³-hybridized carbons (Fsp3) is 0.111. The van der Waals surface area contributed by atoms with Crippen LogP contribution in [-0.2, 0) is 6.54 Å². The van der Waals surface area contributed by atoms with Crippen LogP contribution < -0.4 is 10.1 Å². The van der Waals surface area contributed by atoms with Gasteiger partial charge in [-0.15, -0.1) is 10.2 Å². The number of para-hydroxylation sites is 1. The van der Waals surface area contributed by atoms with E-state index in [1.165, 1.54) is 0 Å². The van der Waals surface area contributed by atoms with Crippen LogP contribution in [0.1, 0.15) is 5.56 Å². The monoisotopic (exact) mass is 332 g/mol. The van der Waals surface area contributed by atoms with Gasteiger partial charge in [0.15, 0.2) is 5.65 Å². The molecule has 1 N–H and O–H groups in total. The Morgan fingerprint density at radius 1 is 1.04 bits per heavy atom. The summed E-state index contributed by atoms with van der Waals surface area (Å²) in [5.41, 5.74) is 3.74. The number of benzene rings is 1. The fourth-order valence-electron chi connectivity index (χ4n) is 2.77. The maximum atomic E-state index is 5.40. The summed E-state index contributed by atoms with van der Waals surface area (Å²) in [6.07, 6.45) is 5.07. The first kappa shape index (κ1) is 15.1. The van der Waals surface area contributed by atoms with Gasteiger partial charge in [-0.2, -0.15) is 10.2 Å². The summed E-state index contributed by atoms with van der Waals surface area (Å²) in [6.45, 7) is 0.632. The van der Waals surface area contributed by atoms with Crippen LogP contribution in [0, 0.1) is 0 Å². The van der Waals surface area contributed by atoms with E-state index in [-0.39, 0.29) is 0 Å². The Morgan fingerprint density at radius 3 is 2.80 bits per heavy atom. The van der Waals surface area contributed by atoms with Gasteiger partial charge in [0.05, 0.1) is 19.5 Å². The van der Waals surface area contributed by atoms with Crippen LogP contribution in [0.2, 0.25) is 0 Å². The highest BCUT2D eigenvalue weighted by Gasteiger charge is 2.10. The highest BCUT2D eigenvalue weighted by Crippen LogP contribution is 2.26. The van der Waals surface area contributed by atoms with Gasteiger partial charge in [-0.3, -0.25) is 4.40 Å². The van der Waals surface area contributed by atoms with Crippen molar-refractivity contribution in [2.75, 3.05) is 12.4 Å². The third kappa shape index (κ3) is 2.87. The number of nitrogens with zero attached hydrogens (tertiary/aromatic N) is 5. The number of hydrogen-bond donors (Lipinski definition) is 1. The van der Waals surface area contributed by atoms with Crippen molar-refractivity contribution in [3.05, 3.63) is 66.7 Å². The zero-order valence-corrected chi connectivity index (χ0v) is 13.6. The number of pyridine rings is 1. The quantitative estimate of drug-likeness (QED) is 0.605. The second kappa shape index (κ2) is 6.56. The molecule has 7 heteroatoms. The Bertz CT molecular complexity index is 999. The molecule has 4 aromatic rings. The molecule has 3 aromatic heterocycles. The Kier molecular flexibility index (Phi) is 3.96. The number of hydrogen-bond acceptors (Lipinski definition) is 6. The molecule has 4 rings (SSSR count). The summed E-state index contributed by atoms with van der Waals surface area (Å²) in [6, 6.07) is 13.8. The smallest absolute Gasteiger partial charge is 0.170 e. The SMILES string of the molecule is COc1ccccc1CNc1ccc(-c2ccnnc2)c2nncn12. The van der Waals surface area contributed by atoms with Crippen LogP contribution in [0.25, 0.3) is 16.8 Å². The first-order valence-electron chi connectivity index (χ1n) is 7.82. The molecule has 1 aromatic carbocycles. The van der Waals surface area contributed by atoms with Crippen molar-refractivity contribution >= 4 is 11.5 Å². The van der Waals surface area contributed by atoms with Crippen molar-refractivity contribution in [2.45, 2.75) is 6.54 Å². The lowest BCUT2D eigenvalue weighted by Gasteiger charge is -2.13. The summed E-state index contributed by atoms with van der Waals surface area (Å²) < 4.78 is 7.32. The minimum atomic E-state index is 0.632. The van der Waals surface area contributed by atoms with Gasteiger partial charge < -0.3 is 10.1 Å². The molecule has 25 heavy (non-hydrogen) atoms. The first-order valence-corrected chi connectivity index (χ1v) is 7.82. The molecule has 0 aliphatic carbocycles. The van der Waals surface area contributed by atoms with Crippen molar-refractivity contribution < 1.29 is 4.74 Å². The van der Waals surface area contributed by atoms with Crippen molar-refractivity contribution in [3.63, 3.8) is 0 Å². The Hall–Kier alpha value is -3.48. The van der Waals surface area contributed by atoms with Gasteiger partial charge in [-0.25, -0.2) is 0 Å². The molecule has 124 valence electrons. The van der Waals surface area contributed by atoms with E-state index in [9.17, 15) is 0 Å². The number of methoxy groups -OCH3 is 1. The van der Waals surface area contributed by atoms with Crippen molar-refractivity contribution in [1.29, 1.82) is 0 Å². The average molecular weight is 332 g/mol. The predicted octanol–water partition coefficient (Wildman–Crippen LogP) is 2.81. The predicted molar refractivity (Wildman–Crippen MR) is 94.3 cm³/mol. The van der Waals surface area contributed by atoms with Crippen LogP contribution in [0.15, 0.2) is 61.2 Å². The summed E-state index contributed by atoms with van der Waals surface area (Å²) >= 11 is 0. The highest BCUT2D eigenvalue weighted by atomic mass is 16.5. The molecule has 3 heterocycles. The van der Waals surface area contributed by atoms with E-state index < -0.39 is 0 Å². The number of fused-ring (bicyclic) bond motifs is 1. The van der Waals surface area contributed by atoms with Gasteiger partial charge >= 0.3 is 0 Å². The number of rotatable bonds is 5. The van der Waals surface area contributed by atoms with E-state index in [2.05, 4.69) is 25.7 Å². The topological polar surface area (TPSA) is 77.2 Å². The van der Waals surface area contributed by atoms with Crippen molar-refractivity contribution in [2.24, 2.45) is 0 Å². The summed E-state index contributed by atoms with van der Waals surface area (Å²) in [4.78, 5) is 0. The molecule has 0 spiro atoms. The van der Waals surface area contributed by atoms with Crippen LogP contribution >= 0.6 is 0 Å². The summed E-state index contributed by atoms with van der Waals surface area (Å²) in [7, 11) is 1.67. The zero-order chi connectivity index (χ0) is 17.1. The number of ether oxygens (including phenoxy) is 1. The van der Waals surface area contributed by atoms with Gasteiger partial charge in [0, 0.05) is 23.2 Å². The van der Waals surface area contributed by atoms with Crippen molar-refractivity contribution in [3.8, 4) is 16.9 Å². The van der Waals surface area contributed by atoms with E-state index in [0.717, 1.165) is 33.9 Å². The van der Waals surface area contributed by atoms with Crippen LogP contribution in [0.4, 0.5) is 5.82 Å². The molecular formula is C18H16N6O. The lowest BCUT2D eigenvalue weighted by molar-refractivity contribution is 0.410.